The first kappa shape index (κ1) is 16.4. The molecule has 1 aromatic carbocycles. The molecule has 4 heteroatoms. The Morgan fingerprint density at radius 1 is 1.33 bits per heavy atom. The Bertz CT molecular complexity index is 451. The van der Waals surface area contributed by atoms with Crippen LogP contribution in [-0.2, 0) is 0 Å². The molecule has 0 amide bonds. The van der Waals surface area contributed by atoms with Gasteiger partial charge >= 0.3 is 0 Å². The van der Waals surface area contributed by atoms with E-state index in [1.807, 2.05) is 6.07 Å². The van der Waals surface area contributed by atoms with E-state index in [2.05, 4.69) is 30.7 Å². The summed E-state index contributed by atoms with van der Waals surface area (Å²) >= 11 is 0. The van der Waals surface area contributed by atoms with Crippen LogP contribution in [0.5, 0.6) is 0 Å². The van der Waals surface area contributed by atoms with Crippen LogP contribution in [0.1, 0.15) is 38.3 Å². The van der Waals surface area contributed by atoms with Crippen LogP contribution < -0.4 is 5.73 Å². The highest BCUT2D eigenvalue weighted by Crippen LogP contribution is 2.28. The highest BCUT2D eigenvalue weighted by atomic mass is 19.1. The van der Waals surface area contributed by atoms with E-state index in [0.29, 0.717) is 6.04 Å². The molecule has 2 N–H and O–H groups in total. The largest absolute Gasteiger partial charge is 0.326 e. The Kier molecular flexibility index (Phi) is 5.73. The first-order valence-corrected chi connectivity index (χ1v) is 8.02. The molecule has 1 aromatic rings. The summed E-state index contributed by atoms with van der Waals surface area (Å²) in [5.41, 5.74) is 7.38. The lowest BCUT2D eigenvalue weighted by molar-refractivity contribution is 0.0523. The Morgan fingerprint density at radius 2 is 2.10 bits per heavy atom. The molecule has 21 heavy (non-hydrogen) atoms. The minimum atomic E-state index is -0.179. The second-order valence-corrected chi connectivity index (χ2v) is 6.11. The van der Waals surface area contributed by atoms with Crippen LogP contribution in [-0.4, -0.2) is 48.6 Å². The van der Waals surface area contributed by atoms with Crippen molar-refractivity contribution in [3.05, 3.63) is 35.6 Å². The standard InChI is InChI=1S/C17H28FN3/c1-4-15-12-21(10-9-20(15)3)17(16(19)5-2)13-7-6-8-14(18)11-13/h6-8,11,15-17H,4-5,9-10,12,19H2,1-3H3. The van der Waals surface area contributed by atoms with Crippen molar-refractivity contribution in [3.8, 4) is 0 Å². The molecular formula is C17H28FN3. The van der Waals surface area contributed by atoms with Crippen molar-refractivity contribution in [1.29, 1.82) is 0 Å². The van der Waals surface area contributed by atoms with Crippen LogP contribution in [0, 0.1) is 5.82 Å². The van der Waals surface area contributed by atoms with Gasteiger partial charge in [-0.1, -0.05) is 26.0 Å². The van der Waals surface area contributed by atoms with Gasteiger partial charge in [-0.15, -0.1) is 0 Å². The van der Waals surface area contributed by atoms with Crippen molar-refractivity contribution in [2.75, 3.05) is 26.7 Å². The van der Waals surface area contributed by atoms with Crippen molar-refractivity contribution >= 4 is 0 Å². The van der Waals surface area contributed by atoms with Crippen molar-refractivity contribution in [2.24, 2.45) is 5.73 Å². The normalized spacial score (nSPS) is 24.0. The molecule has 0 bridgehead atoms. The maximum absolute atomic E-state index is 13.6. The van der Waals surface area contributed by atoms with Gasteiger partial charge in [0.1, 0.15) is 5.82 Å². The lowest BCUT2D eigenvalue weighted by Gasteiger charge is -2.44. The Hall–Kier alpha value is -0.970. The molecule has 3 atom stereocenters. The van der Waals surface area contributed by atoms with Crippen LogP contribution in [0.3, 0.4) is 0 Å². The Labute approximate surface area is 127 Å². The van der Waals surface area contributed by atoms with E-state index in [1.165, 1.54) is 6.07 Å². The fourth-order valence-electron chi connectivity index (χ4n) is 3.31. The Morgan fingerprint density at radius 3 is 2.71 bits per heavy atom. The molecule has 3 nitrogen and oxygen atoms in total. The molecule has 1 aliphatic heterocycles. The molecule has 0 radical (unpaired) electrons. The molecule has 0 spiro atoms. The second kappa shape index (κ2) is 7.34. The van der Waals surface area contributed by atoms with Crippen LogP contribution >= 0.6 is 0 Å². The lowest BCUT2D eigenvalue weighted by Crippen LogP contribution is -2.54. The molecular weight excluding hydrogens is 265 g/mol. The van der Waals surface area contributed by atoms with Crippen molar-refractivity contribution in [2.45, 2.75) is 44.8 Å². The van der Waals surface area contributed by atoms with Crippen LogP contribution in [0.25, 0.3) is 0 Å². The number of rotatable bonds is 5. The number of halogens is 1. The zero-order valence-electron chi connectivity index (χ0n) is 13.4. The summed E-state index contributed by atoms with van der Waals surface area (Å²) in [4.78, 5) is 4.85. The minimum Gasteiger partial charge on any atom is -0.326 e. The summed E-state index contributed by atoms with van der Waals surface area (Å²) < 4.78 is 13.6. The van der Waals surface area contributed by atoms with E-state index in [1.54, 1.807) is 12.1 Å². The third-order valence-electron chi connectivity index (χ3n) is 4.74. The van der Waals surface area contributed by atoms with E-state index >= 15 is 0 Å². The fraction of sp³-hybridized carbons (Fsp3) is 0.647. The maximum atomic E-state index is 13.6. The molecule has 1 aliphatic rings. The second-order valence-electron chi connectivity index (χ2n) is 6.11. The average Bonchev–Trinajstić information content (AvgIpc) is 2.49. The van der Waals surface area contributed by atoms with Crippen LogP contribution in [0.4, 0.5) is 4.39 Å². The summed E-state index contributed by atoms with van der Waals surface area (Å²) in [6.07, 6.45) is 2.02. The summed E-state index contributed by atoms with van der Waals surface area (Å²) in [5, 5.41) is 0. The van der Waals surface area contributed by atoms with E-state index in [9.17, 15) is 4.39 Å². The quantitative estimate of drug-likeness (QED) is 0.906. The predicted octanol–water partition coefficient (Wildman–Crippen LogP) is 2.63. The number of piperazine rings is 1. The molecule has 118 valence electrons. The van der Waals surface area contributed by atoms with E-state index < -0.39 is 0 Å². The highest BCUT2D eigenvalue weighted by molar-refractivity contribution is 5.22. The van der Waals surface area contributed by atoms with Gasteiger partial charge in [-0.25, -0.2) is 4.39 Å². The molecule has 3 unspecified atom stereocenters. The third-order valence-corrected chi connectivity index (χ3v) is 4.74. The molecule has 1 saturated heterocycles. The third kappa shape index (κ3) is 3.82. The van der Waals surface area contributed by atoms with Gasteiger partial charge in [-0.05, 0) is 37.6 Å². The topological polar surface area (TPSA) is 32.5 Å². The first-order chi connectivity index (χ1) is 10.1. The lowest BCUT2D eigenvalue weighted by atomic mass is 9.94. The van der Waals surface area contributed by atoms with Crippen molar-refractivity contribution in [1.82, 2.24) is 9.80 Å². The summed E-state index contributed by atoms with van der Waals surface area (Å²) in [6.45, 7) is 7.36. The van der Waals surface area contributed by atoms with Gasteiger partial charge in [0.25, 0.3) is 0 Å². The van der Waals surface area contributed by atoms with Gasteiger partial charge in [0.2, 0.25) is 0 Å². The first-order valence-electron chi connectivity index (χ1n) is 8.02. The fourth-order valence-corrected chi connectivity index (χ4v) is 3.31. The smallest absolute Gasteiger partial charge is 0.123 e. The zero-order valence-corrected chi connectivity index (χ0v) is 13.4. The molecule has 0 aromatic heterocycles. The molecule has 0 saturated carbocycles. The molecule has 1 fully saturated rings. The number of likely N-dealkylation sites (N-methyl/N-ethyl adjacent to an activating group) is 1. The van der Waals surface area contributed by atoms with Gasteiger partial charge in [0, 0.05) is 31.7 Å². The molecule has 0 aliphatic carbocycles. The summed E-state index contributed by atoms with van der Waals surface area (Å²) in [5.74, 6) is -0.179. The van der Waals surface area contributed by atoms with E-state index in [4.69, 9.17) is 5.73 Å². The SMILES string of the molecule is CCC(N)C(c1cccc(F)c1)N1CCN(C)C(CC)C1. The van der Waals surface area contributed by atoms with Gasteiger partial charge in [-0.2, -0.15) is 0 Å². The maximum Gasteiger partial charge on any atom is 0.123 e. The predicted molar refractivity (Wildman–Crippen MR) is 85.7 cm³/mol. The monoisotopic (exact) mass is 293 g/mol. The van der Waals surface area contributed by atoms with Gasteiger partial charge in [0.15, 0.2) is 0 Å². The van der Waals surface area contributed by atoms with Gasteiger partial charge in [-0.3, -0.25) is 4.90 Å². The van der Waals surface area contributed by atoms with Crippen molar-refractivity contribution in [3.63, 3.8) is 0 Å². The number of hydrogen-bond donors (Lipinski definition) is 1. The number of nitrogens with two attached hydrogens (primary N) is 1. The Balaban J connectivity index is 2.24. The van der Waals surface area contributed by atoms with Crippen LogP contribution in [0.15, 0.2) is 24.3 Å². The van der Waals surface area contributed by atoms with Crippen molar-refractivity contribution < 1.29 is 4.39 Å². The number of nitrogens with zero attached hydrogens (tertiary/aromatic N) is 2. The molecule has 1 heterocycles. The van der Waals surface area contributed by atoms with E-state index in [-0.39, 0.29) is 17.9 Å². The molecule has 2 rings (SSSR count). The summed E-state index contributed by atoms with van der Waals surface area (Å²) in [7, 11) is 2.18. The average molecular weight is 293 g/mol. The zero-order chi connectivity index (χ0) is 15.4. The van der Waals surface area contributed by atoms with Crippen LogP contribution in [0.2, 0.25) is 0 Å². The highest BCUT2D eigenvalue weighted by Gasteiger charge is 2.31. The number of benzene rings is 1. The number of hydrogen-bond acceptors (Lipinski definition) is 3. The van der Waals surface area contributed by atoms with Gasteiger partial charge < -0.3 is 10.6 Å². The van der Waals surface area contributed by atoms with Gasteiger partial charge in [0.05, 0.1) is 6.04 Å². The summed E-state index contributed by atoms with van der Waals surface area (Å²) in [6, 6.07) is 7.62. The minimum absolute atomic E-state index is 0.0349. The van der Waals surface area contributed by atoms with E-state index in [0.717, 1.165) is 38.0 Å².